The topological polar surface area (TPSA) is 63.5 Å². The van der Waals surface area contributed by atoms with E-state index in [1.54, 1.807) is 25.1 Å². The minimum Gasteiger partial charge on any atom is -0.306 e. The van der Waals surface area contributed by atoms with Gasteiger partial charge >= 0.3 is 0 Å². The van der Waals surface area contributed by atoms with Gasteiger partial charge in [-0.1, -0.05) is 12.1 Å². The summed E-state index contributed by atoms with van der Waals surface area (Å²) in [6, 6.07) is 4.90. The van der Waals surface area contributed by atoms with Crippen molar-refractivity contribution in [2.45, 2.75) is 13.3 Å². The molecule has 2 rings (SSSR count). The first-order valence-corrected chi connectivity index (χ1v) is 5.71. The van der Waals surface area contributed by atoms with Crippen LogP contribution in [0.15, 0.2) is 30.9 Å². The Hall–Kier alpha value is -2.17. The van der Waals surface area contributed by atoms with E-state index in [1.165, 1.54) is 11.0 Å². The minimum atomic E-state index is -0.448. The van der Waals surface area contributed by atoms with Crippen LogP contribution < -0.4 is 4.90 Å². The fourth-order valence-electron chi connectivity index (χ4n) is 2.13. The second-order valence-corrected chi connectivity index (χ2v) is 4.45. The monoisotopic (exact) mass is 246 g/mol. The number of carbonyl (C=O) groups is 1. The van der Waals surface area contributed by atoms with Crippen molar-refractivity contribution in [3.05, 3.63) is 46.5 Å². The maximum Gasteiger partial charge on any atom is 0.293 e. The molecule has 0 aliphatic carbocycles. The number of carbonyl (C=O) groups excluding carboxylic acids is 1. The Balaban J connectivity index is 2.42. The largest absolute Gasteiger partial charge is 0.306 e. The summed E-state index contributed by atoms with van der Waals surface area (Å²) in [5, 5.41) is 11.0. The summed E-state index contributed by atoms with van der Waals surface area (Å²) in [7, 11) is 0. The van der Waals surface area contributed by atoms with Gasteiger partial charge in [0.25, 0.3) is 5.69 Å². The first-order valence-electron chi connectivity index (χ1n) is 5.71. The first-order chi connectivity index (χ1) is 8.52. The Morgan fingerprint density at radius 1 is 1.56 bits per heavy atom. The molecule has 94 valence electrons. The van der Waals surface area contributed by atoms with Gasteiger partial charge in [0.05, 0.1) is 4.92 Å². The molecule has 0 N–H and O–H groups in total. The number of hydrogen-bond donors (Lipinski definition) is 0. The fourth-order valence-corrected chi connectivity index (χ4v) is 2.13. The van der Waals surface area contributed by atoms with Crippen LogP contribution in [0.25, 0.3) is 0 Å². The van der Waals surface area contributed by atoms with Crippen LogP contribution in [0.4, 0.5) is 11.4 Å². The van der Waals surface area contributed by atoms with Crippen molar-refractivity contribution in [2.75, 3.05) is 11.4 Å². The summed E-state index contributed by atoms with van der Waals surface area (Å²) in [4.78, 5) is 23.9. The van der Waals surface area contributed by atoms with Gasteiger partial charge in [-0.2, -0.15) is 0 Å². The lowest BCUT2D eigenvalue weighted by atomic mass is 10.1. The maximum absolute atomic E-state index is 11.9. The van der Waals surface area contributed by atoms with Gasteiger partial charge in [0.1, 0.15) is 5.69 Å². The number of aryl methyl sites for hydroxylation is 1. The molecule has 1 aromatic carbocycles. The van der Waals surface area contributed by atoms with Crippen molar-refractivity contribution in [2.24, 2.45) is 5.92 Å². The molecule has 1 aliphatic heterocycles. The van der Waals surface area contributed by atoms with Crippen LogP contribution in [0.3, 0.4) is 0 Å². The van der Waals surface area contributed by atoms with E-state index in [0.717, 1.165) is 5.56 Å². The summed E-state index contributed by atoms with van der Waals surface area (Å²) < 4.78 is 0. The second kappa shape index (κ2) is 4.60. The third kappa shape index (κ3) is 2.11. The Bertz CT molecular complexity index is 525. The summed E-state index contributed by atoms with van der Waals surface area (Å²) in [5.41, 5.74) is 1.16. The molecule has 0 aromatic heterocycles. The van der Waals surface area contributed by atoms with E-state index >= 15 is 0 Å². The van der Waals surface area contributed by atoms with Gasteiger partial charge in [-0.05, 0) is 18.6 Å². The number of nitro groups is 1. The lowest BCUT2D eigenvalue weighted by Crippen LogP contribution is -2.25. The van der Waals surface area contributed by atoms with Crippen molar-refractivity contribution >= 4 is 17.3 Å². The number of rotatable bonds is 3. The predicted octanol–water partition coefficient (Wildman–Crippen LogP) is 2.44. The van der Waals surface area contributed by atoms with E-state index in [9.17, 15) is 14.9 Å². The molecule has 5 heteroatoms. The fraction of sp³-hybridized carbons (Fsp3) is 0.308. The molecule has 1 aliphatic rings. The zero-order valence-corrected chi connectivity index (χ0v) is 10.1. The van der Waals surface area contributed by atoms with Crippen LogP contribution in [-0.2, 0) is 4.79 Å². The third-order valence-corrected chi connectivity index (χ3v) is 3.11. The van der Waals surface area contributed by atoms with E-state index in [-0.39, 0.29) is 17.5 Å². The summed E-state index contributed by atoms with van der Waals surface area (Å²) >= 11 is 0. The summed E-state index contributed by atoms with van der Waals surface area (Å²) in [6.45, 7) is 5.92. The Morgan fingerprint density at radius 3 is 2.83 bits per heavy atom. The standard InChI is InChI=1S/C13H14N2O3/c1-3-10-7-13(16)14(8-10)11-5-4-9(2)6-12(11)15(17)18/h3-6,10H,1,7-8H2,2H3. The molecule has 5 nitrogen and oxygen atoms in total. The summed E-state index contributed by atoms with van der Waals surface area (Å²) in [5.74, 6) is -0.0229. The Kier molecular flexibility index (Phi) is 3.14. The molecule has 1 unspecified atom stereocenters. The number of nitrogens with zero attached hydrogens (tertiary/aromatic N) is 2. The molecule has 1 aromatic rings. The highest BCUT2D eigenvalue weighted by atomic mass is 16.6. The van der Waals surface area contributed by atoms with Gasteiger partial charge in [-0.3, -0.25) is 14.9 Å². The number of anilines is 1. The van der Waals surface area contributed by atoms with Crippen molar-refractivity contribution in [1.82, 2.24) is 0 Å². The molecular weight excluding hydrogens is 232 g/mol. The Morgan fingerprint density at radius 2 is 2.28 bits per heavy atom. The zero-order chi connectivity index (χ0) is 13.3. The van der Waals surface area contributed by atoms with Crippen LogP contribution in [0.2, 0.25) is 0 Å². The van der Waals surface area contributed by atoms with Gasteiger partial charge < -0.3 is 4.90 Å². The van der Waals surface area contributed by atoms with Gasteiger partial charge in [-0.25, -0.2) is 0 Å². The molecule has 0 spiro atoms. The van der Waals surface area contributed by atoms with Crippen molar-refractivity contribution in [1.29, 1.82) is 0 Å². The molecule has 0 saturated carbocycles. The van der Waals surface area contributed by atoms with E-state index < -0.39 is 4.92 Å². The molecule has 18 heavy (non-hydrogen) atoms. The third-order valence-electron chi connectivity index (χ3n) is 3.11. The number of nitro benzene ring substituents is 1. The van der Waals surface area contributed by atoms with Crippen LogP contribution in [0, 0.1) is 23.0 Å². The first kappa shape index (κ1) is 12.3. The maximum atomic E-state index is 11.9. The molecular formula is C13H14N2O3. The van der Waals surface area contributed by atoms with Crippen LogP contribution in [0.5, 0.6) is 0 Å². The molecule has 0 radical (unpaired) electrons. The van der Waals surface area contributed by atoms with E-state index in [1.807, 2.05) is 0 Å². The van der Waals surface area contributed by atoms with Crippen LogP contribution in [0.1, 0.15) is 12.0 Å². The number of benzene rings is 1. The van der Waals surface area contributed by atoms with Crippen LogP contribution in [-0.4, -0.2) is 17.4 Å². The highest BCUT2D eigenvalue weighted by Gasteiger charge is 2.32. The average molecular weight is 246 g/mol. The normalized spacial score (nSPS) is 19.1. The Labute approximate surface area is 105 Å². The molecule has 1 fully saturated rings. The quantitative estimate of drug-likeness (QED) is 0.467. The average Bonchev–Trinajstić information content (AvgIpc) is 2.70. The van der Waals surface area contributed by atoms with Gasteiger partial charge in [-0.15, -0.1) is 6.58 Å². The molecule has 1 amide bonds. The van der Waals surface area contributed by atoms with Crippen molar-refractivity contribution < 1.29 is 9.72 Å². The minimum absolute atomic E-state index is 0.0203. The molecule has 1 saturated heterocycles. The van der Waals surface area contributed by atoms with E-state index in [4.69, 9.17) is 0 Å². The van der Waals surface area contributed by atoms with Crippen LogP contribution >= 0.6 is 0 Å². The highest BCUT2D eigenvalue weighted by molar-refractivity contribution is 5.98. The predicted molar refractivity (Wildman–Crippen MR) is 68.5 cm³/mol. The highest BCUT2D eigenvalue weighted by Crippen LogP contribution is 2.33. The van der Waals surface area contributed by atoms with E-state index in [2.05, 4.69) is 6.58 Å². The lowest BCUT2D eigenvalue weighted by molar-refractivity contribution is -0.384. The smallest absolute Gasteiger partial charge is 0.293 e. The lowest BCUT2D eigenvalue weighted by Gasteiger charge is -2.16. The molecule has 1 atom stereocenters. The van der Waals surface area contributed by atoms with Gasteiger partial charge in [0.2, 0.25) is 5.91 Å². The van der Waals surface area contributed by atoms with Gasteiger partial charge in [0, 0.05) is 24.9 Å². The zero-order valence-electron chi connectivity index (χ0n) is 10.1. The van der Waals surface area contributed by atoms with Crippen molar-refractivity contribution in [3.63, 3.8) is 0 Å². The van der Waals surface area contributed by atoms with Gasteiger partial charge in [0.15, 0.2) is 0 Å². The SMILES string of the molecule is C=CC1CC(=O)N(c2ccc(C)cc2[N+](=O)[O-])C1. The number of hydrogen-bond acceptors (Lipinski definition) is 3. The molecule has 1 heterocycles. The van der Waals surface area contributed by atoms with Crippen molar-refractivity contribution in [3.8, 4) is 0 Å². The molecule has 0 bridgehead atoms. The number of amides is 1. The summed E-state index contributed by atoms with van der Waals surface area (Å²) in [6.07, 6.45) is 2.09. The van der Waals surface area contributed by atoms with E-state index in [0.29, 0.717) is 18.7 Å². The second-order valence-electron chi connectivity index (χ2n) is 4.45.